The average Bonchev–Trinajstić information content (AvgIpc) is 3.24. The number of tetrazole rings is 1. The van der Waals surface area contributed by atoms with E-state index in [0.717, 1.165) is 23.4 Å². The first-order valence-corrected chi connectivity index (χ1v) is 13.0. The summed E-state index contributed by atoms with van der Waals surface area (Å²) in [7, 11) is 0. The van der Waals surface area contributed by atoms with Crippen LogP contribution in [0.1, 0.15) is 29.9 Å². The Kier molecular flexibility index (Phi) is 4.78. The number of benzene rings is 2. The van der Waals surface area contributed by atoms with E-state index >= 15 is 4.39 Å². The second-order valence-corrected chi connectivity index (χ2v) is 10.6. The molecule has 40 heavy (non-hydrogen) atoms. The van der Waals surface area contributed by atoms with Gasteiger partial charge in [0.05, 0.1) is 29.3 Å². The molecule has 196 valence electrons. The maximum Gasteiger partial charge on any atom is 0.252 e. The lowest BCUT2D eigenvalue weighted by atomic mass is 10.0. The molecule has 2 aromatic carbocycles. The summed E-state index contributed by atoms with van der Waals surface area (Å²) in [5, 5.41) is 15.1. The number of hydrogen-bond acceptors (Lipinski definition) is 7. The molecule has 0 radical (unpaired) electrons. The molecule has 3 atom stereocenters. The van der Waals surface area contributed by atoms with Crippen LogP contribution in [0.4, 0.5) is 15.8 Å². The fourth-order valence-electron chi connectivity index (χ4n) is 5.91. The molecule has 5 heterocycles. The fourth-order valence-corrected chi connectivity index (χ4v) is 6.09. The zero-order valence-corrected chi connectivity index (χ0v) is 21.5. The summed E-state index contributed by atoms with van der Waals surface area (Å²) in [5.41, 5.74) is 5.79. The standard InChI is InChI=1S/C28H19ClFN9O/c1-13-11-31-21-6-14(2-4-20(21)33-13)25-27(30)35-28(34-25)26-19-10-18(19)23-7-15(8-24(40)39(23)26)17-9-16(29)3-5-22(17)38-12-32-36-37-38/h2-9,11-12,18-19,26,33H,1,10H2,(H,34,35). The van der Waals surface area contributed by atoms with Crippen LogP contribution < -0.4 is 10.9 Å². The van der Waals surface area contributed by atoms with Gasteiger partial charge in [-0.3, -0.25) is 9.79 Å². The number of H-pyrrole nitrogens is 1. The van der Waals surface area contributed by atoms with Gasteiger partial charge < -0.3 is 14.9 Å². The zero-order chi connectivity index (χ0) is 27.1. The highest BCUT2D eigenvalue weighted by Crippen LogP contribution is 2.60. The van der Waals surface area contributed by atoms with E-state index in [1.807, 2.05) is 18.2 Å². The lowest BCUT2D eigenvalue weighted by Gasteiger charge is -2.17. The number of halogens is 2. The van der Waals surface area contributed by atoms with Gasteiger partial charge in [0.1, 0.15) is 17.8 Å². The maximum absolute atomic E-state index is 15.3. The quantitative estimate of drug-likeness (QED) is 0.324. The van der Waals surface area contributed by atoms with Gasteiger partial charge in [-0.1, -0.05) is 24.2 Å². The number of imidazole rings is 1. The predicted octanol–water partition coefficient (Wildman–Crippen LogP) is 5.02. The second-order valence-electron chi connectivity index (χ2n) is 10.2. The lowest BCUT2D eigenvalue weighted by Crippen LogP contribution is -2.26. The molecule has 1 fully saturated rings. The molecule has 2 N–H and O–H groups in total. The summed E-state index contributed by atoms with van der Waals surface area (Å²) >= 11 is 6.33. The van der Waals surface area contributed by atoms with Crippen LogP contribution in [-0.2, 0) is 0 Å². The van der Waals surface area contributed by atoms with Crippen molar-refractivity contribution in [1.29, 1.82) is 0 Å². The molecule has 0 spiro atoms. The number of fused-ring (bicyclic) bond motifs is 4. The van der Waals surface area contributed by atoms with Crippen LogP contribution in [0.2, 0.25) is 5.02 Å². The summed E-state index contributed by atoms with van der Waals surface area (Å²) < 4.78 is 18.5. The average molecular weight is 552 g/mol. The Labute approximate surface area is 230 Å². The van der Waals surface area contributed by atoms with Crippen molar-refractivity contribution in [2.75, 3.05) is 5.32 Å². The number of nitrogens with one attached hydrogen (secondary N) is 2. The molecule has 8 rings (SSSR count). The van der Waals surface area contributed by atoms with Crippen LogP contribution in [0.25, 0.3) is 28.1 Å². The molecule has 5 aromatic rings. The monoisotopic (exact) mass is 551 g/mol. The van der Waals surface area contributed by atoms with Gasteiger partial charge in [0, 0.05) is 39.5 Å². The van der Waals surface area contributed by atoms with E-state index in [9.17, 15) is 4.79 Å². The summed E-state index contributed by atoms with van der Waals surface area (Å²) in [6.07, 6.45) is 4.01. The predicted molar refractivity (Wildman–Crippen MR) is 148 cm³/mol. The van der Waals surface area contributed by atoms with Gasteiger partial charge in [0.2, 0.25) is 5.95 Å². The highest BCUT2D eigenvalue weighted by atomic mass is 35.5. The third kappa shape index (κ3) is 3.47. The van der Waals surface area contributed by atoms with Gasteiger partial charge in [-0.2, -0.15) is 9.07 Å². The number of hydrogen-bond donors (Lipinski definition) is 2. The lowest BCUT2D eigenvalue weighted by molar-refractivity contribution is 0.504. The second kappa shape index (κ2) is 8.30. The Bertz CT molecular complexity index is 1960. The zero-order valence-electron chi connectivity index (χ0n) is 20.7. The van der Waals surface area contributed by atoms with Crippen molar-refractivity contribution >= 4 is 29.2 Å². The van der Waals surface area contributed by atoms with Crippen molar-refractivity contribution < 1.29 is 4.39 Å². The summed E-state index contributed by atoms with van der Waals surface area (Å²) in [4.78, 5) is 25.5. The SMILES string of the molecule is C=C1C=Nc2cc(-c3nc(C4C5CC5c5cc(-c6cc(Cl)ccc6-n6cnnn6)cc(=O)n54)[nH]c3F)ccc2N1. The maximum atomic E-state index is 15.3. The third-order valence-corrected chi connectivity index (χ3v) is 7.99. The molecule has 10 nitrogen and oxygen atoms in total. The number of anilines is 1. The van der Waals surface area contributed by atoms with Gasteiger partial charge in [-0.25, -0.2) is 4.98 Å². The van der Waals surface area contributed by atoms with Gasteiger partial charge in [-0.15, -0.1) is 5.10 Å². The van der Waals surface area contributed by atoms with Crippen molar-refractivity contribution in [2.24, 2.45) is 10.9 Å². The molecule has 2 aliphatic heterocycles. The van der Waals surface area contributed by atoms with E-state index in [1.54, 1.807) is 41.1 Å². The van der Waals surface area contributed by atoms with Gasteiger partial charge in [0.15, 0.2) is 0 Å². The molecule has 0 saturated heterocycles. The van der Waals surface area contributed by atoms with Crippen LogP contribution in [0.5, 0.6) is 0 Å². The topological polar surface area (TPSA) is 119 Å². The summed E-state index contributed by atoms with van der Waals surface area (Å²) in [5.74, 6) is 0.219. The highest BCUT2D eigenvalue weighted by molar-refractivity contribution is 6.31. The Balaban J connectivity index is 1.19. The van der Waals surface area contributed by atoms with Crippen LogP contribution in [0, 0.1) is 11.9 Å². The van der Waals surface area contributed by atoms with E-state index in [0.29, 0.717) is 39.0 Å². The Morgan fingerprint density at radius 2 is 2.00 bits per heavy atom. The number of nitrogens with zero attached hydrogens (tertiary/aromatic N) is 7. The fraction of sp³-hybridized carbons (Fsp3) is 0.143. The third-order valence-electron chi connectivity index (χ3n) is 7.75. The molecule has 1 saturated carbocycles. The number of allylic oxidation sites excluding steroid dienone is 1. The Morgan fingerprint density at radius 1 is 1.10 bits per heavy atom. The molecule has 3 aromatic heterocycles. The first-order chi connectivity index (χ1) is 19.4. The normalized spacial score (nSPS) is 20.1. The van der Waals surface area contributed by atoms with Crippen molar-refractivity contribution in [3.05, 3.63) is 100.0 Å². The van der Waals surface area contributed by atoms with Gasteiger partial charge in [-0.05, 0) is 64.7 Å². The van der Waals surface area contributed by atoms with Crippen molar-refractivity contribution in [1.82, 2.24) is 34.7 Å². The molecule has 0 amide bonds. The molecule has 3 aliphatic rings. The van der Waals surface area contributed by atoms with E-state index in [1.165, 1.54) is 11.0 Å². The van der Waals surface area contributed by atoms with Crippen LogP contribution in [0.3, 0.4) is 0 Å². The van der Waals surface area contributed by atoms with Crippen LogP contribution in [0.15, 0.2) is 76.9 Å². The van der Waals surface area contributed by atoms with E-state index < -0.39 is 5.95 Å². The summed E-state index contributed by atoms with van der Waals surface area (Å²) in [6.45, 7) is 3.85. The Morgan fingerprint density at radius 3 is 2.85 bits per heavy atom. The van der Waals surface area contributed by atoms with Crippen molar-refractivity contribution in [2.45, 2.75) is 18.4 Å². The van der Waals surface area contributed by atoms with Gasteiger partial charge >= 0.3 is 0 Å². The molecular formula is C28H19ClFN9O. The largest absolute Gasteiger partial charge is 0.353 e. The van der Waals surface area contributed by atoms with E-state index in [2.05, 4.69) is 42.4 Å². The van der Waals surface area contributed by atoms with E-state index in [-0.39, 0.29) is 29.1 Å². The number of aliphatic imine (C=N–C) groups is 1. The summed E-state index contributed by atoms with van der Waals surface area (Å²) in [6, 6.07) is 13.9. The molecule has 12 heteroatoms. The number of rotatable bonds is 4. The van der Waals surface area contributed by atoms with E-state index in [4.69, 9.17) is 11.6 Å². The first-order valence-electron chi connectivity index (χ1n) is 12.6. The molecular weight excluding hydrogens is 533 g/mol. The minimum Gasteiger partial charge on any atom is -0.353 e. The van der Waals surface area contributed by atoms with Crippen LogP contribution in [-0.4, -0.2) is 41.0 Å². The van der Waals surface area contributed by atoms with Gasteiger partial charge in [0.25, 0.3) is 5.56 Å². The van der Waals surface area contributed by atoms with Crippen molar-refractivity contribution in [3.8, 4) is 28.1 Å². The smallest absolute Gasteiger partial charge is 0.252 e. The van der Waals surface area contributed by atoms with Crippen LogP contribution >= 0.6 is 11.6 Å². The number of aromatic nitrogens is 7. The number of pyridine rings is 1. The molecule has 0 bridgehead atoms. The minimum absolute atomic E-state index is 0.156. The molecule has 3 unspecified atom stereocenters. The Hall–Kier alpha value is -4.90. The van der Waals surface area contributed by atoms with Crippen molar-refractivity contribution in [3.63, 3.8) is 0 Å². The first kappa shape index (κ1) is 23.0. The molecule has 1 aliphatic carbocycles. The number of aromatic amines is 1. The highest BCUT2D eigenvalue weighted by Gasteiger charge is 2.54. The minimum atomic E-state index is -0.549.